The van der Waals surface area contributed by atoms with Crippen LogP contribution in [0.25, 0.3) is 0 Å². The van der Waals surface area contributed by atoms with Gasteiger partial charge >= 0.3 is 0 Å². The molecule has 21 heavy (non-hydrogen) atoms. The topological polar surface area (TPSA) is 65.9 Å². The van der Waals surface area contributed by atoms with Crippen LogP contribution < -0.4 is 10.6 Å². The molecule has 4 nitrogen and oxygen atoms in total. The molecule has 0 fully saturated rings. The fourth-order valence-corrected chi connectivity index (χ4v) is 2.16. The highest BCUT2D eigenvalue weighted by molar-refractivity contribution is 5.45. The quantitative estimate of drug-likeness (QED) is 0.914. The maximum atomic E-state index is 8.93. The molecule has 0 unspecified atom stereocenters. The van der Waals surface area contributed by atoms with E-state index >= 15 is 0 Å². The number of nitriles is 1. The van der Waals surface area contributed by atoms with Gasteiger partial charge in [0, 0.05) is 19.6 Å². The number of aromatic nitrogens is 1. The number of hydrogen-bond donors (Lipinski definition) is 1. The highest BCUT2D eigenvalue weighted by Gasteiger charge is 2.07. The minimum Gasteiger partial charge on any atom is -0.369 e. The Labute approximate surface area is 125 Å². The Balaban J connectivity index is 2.09. The van der Waals surface area contributed by atoms with Crippen LogP contribution in [0.1, 0.15) is 36.2 Å². The van der Waals surface area contributed by atoms with Crippen molar-refractivity contribution in [2.24, 2.45) is 5.73 Å². The van der Waals surface area contributed by atoms with E-state index < -0.39 is 0 Å². The molecule has 0 saturated carbocycles. The molecule has 1 atom stereocenters. The Hall–Kier alpha value is -2.38. The molecule has 0 aliphatic heterocycles. The molecule has 2 rings (SSSR count). The van der Waals surface area contributed by atoms with Gasteiger partial charge in [-0.05, 0) is 36.2 Å². The van der Waals surface area contributed by atoms with E-state index in [4.69, 9.17) is 11.0 Å². The Bertz CT molecular complexity index is 628. The van der Waals surface area contributed by atoms with Gasteiger partial charge in [0.1, 0.15) is 0 Å². The summed E-state index contributed by atoms with van der Waals surface area (Å²) in [5.41, 5.74) is 9.71. The van der Waals surface area contributed by atoms with Gasteiger partial charge < -0.3 is 10.6 Å². The minimum atomic E-state index is -0.00309. The summed E-state index contributed by atoms with van der Waals surface area (Å²) in [6.45, 7) is 2.78. The van der Waals surface area contributed by atoms with Crippen LogP contribution in [0.3, 0.4) is 0 Å². The van der Waals surface area contributed by atoms with Crippen molar-refractivity contribution in [2.45, 2.75) is 25.9 Å². The van der Waals surface area contributed by atoms with E-state index in [0.29, 0.717) is 5.56 Å². The first-order chi connectivity index (χ1) is 10.1. The Kier molecular flexibility index (Phi) is 4.91. The van der Waals surface area contributed by atoms with Crippen LogP contribution in [0.15, 0.2) is 42.6 Å². The zero-order valence-electron chi connectivity index (χ0n) is 12.5. The van der Waals surface area contributed by atoms with Crippen LogP contribution in [0, 0.1) is 11.3 Å². The van der Waals surface area contributed by atoms with E-state index in [1.807, 2.05) is 49.6 Å². The van der Waals surface area contributed by atoms with Crippen molar-refractivity contribution in [3.05, 3.63) is 59.4 Å². The van der Waals surface area contributed by atoms with Crippen molar-refractivity contribution in [1.29, 1.82) is 5.26 Å². The van der Waals surface area contributed by atoms with E-state index in [1.165, 1.54) is 0 Å². The van der Waals surface area contributed by atoms with Crippen LogP contribution in [0.5, 0.6) is 0 Å². The molecule has 4 heteroatoms. The molecule has 0 spiro atoms. The second-order valence-corrected chi connectivity index (χ2v) is 5.12. The van der Waals surface area contributed by atoms with Crippen LogP contribution >= 0.6 is 0 Å². The van der Waals surface area contributed by atoms with Gasteiger partial charge in [-0.15, -0.1) is 0 Å². The van der Waals surface area contributed by atoms with Gasteiger partial charge in [0.2, 0.25) is 0 Å². The van der Waals surface area contributed by atoms with E-state index in [9.17, 15) is 0 Å². The second kappa shape index (κ2) is 6.87. The van der Waals surface area contributed by atoms with Gasteiger partial charge in [-0.25, -0.2) is 0 Å². The van der Waals surface area contributed by atoms with E-state index in [0.717, 1.165) is 29.9 Å². The lowest BCUT2D eigenvalue weighted by atomic mass is 10.1. The van der Waals surface area contributed by atoms with Crippen LogP contribution in [0.2, 0.25) is 0 Å². The highest BCUT2D eigenvalue weighted by atomic mass is 15.1. The molecule has 108 valence electrons. The molecule has 0 amide bonds. The SMILES string of the molecule is CC[C@H](N)c1ccc(N(C)Cc2cccc(C#N)c2)cn1. The van der Waals surface area contributed by atoms with Crippen molar-refractivity contribution in [1.82, 2.24) is 4.98 Å². The largest absolute Gasteiger partial charge is 0.369 e. The molecule has 0 saturated heterocycles. The van der Waals surface area contributed by atoms with Gasteiger partial charge in [-0.2, -0.15) is 5.26 Å². The fraction of sp³-hybridized carbons (Fsp3) is 0.294. The highest BCUT2D eigenvalue weighted by Crippen LogP contribution is 2.18. The molecule has 0 aliphatic carbocycles. The van der Waals surface area contributed by atoms with E-state index in [2.05, 4.69) is 22.9 Å². The normalized spacial score (nSPS) is 11.7. The average Bonchev–Trinajstić information content (AvgIpc) is 2.54. The van der Waals surface area contributed by atoms with Crippen LogP contribution in [-0.2, 0) is 6.54 Å². The van der Waals surface area contributed by atoms with E-state index in [1.54, 1.807) is 0 Å². The first-order valence-electron chi connectivity index (χ1n) is 7.05. The molecular formula is C17H20N4. The van der Waals surface area contributed by atoms with Gasteiger partial charge in [-0.1, -0.05) is 19.1 Å². The van der Waals surface area contributed by atoms with Crippen molar-refractivity contribution < 1.29 is 0 Å². The van der Waals surface area contributed by atoms with Crippen molar-refractivity contribution in [3.63, 3.8) is 0 Å². The Morgan fingerprint density at radius 1 is 1.33 bits per heavy atom. The molecule has 1 aromatic carbocycles. The minimum absolute atomic E-state index is 0.00309. The summed E-state index contributed by atoms with van der Waals surface area (Å²) in [5, 5.41) is 8.93. The summed E-state index contributed by atoms with van der Waals surface area (Å²) in [5.74, 6) is 0. The number of hydrogen-bond acceptors (Lipinski definition) is 4. The average molecular weight is 280 g/mol. The smallest absolute Gasteiger partial charge is 0.0991 e. The zero-order chi connectivity index (χ0) is 15.2. The monoisotopic (exact) mass is 280 g/mol. The Morgan fingerprint density at radius 3 is 2.76 bits per heavy atom. The van der Waals surface area contributed by atoms with Crippen molar-refractivity contribution in [3.8, 4) is 6.07 Å². The molecule has 1 aromatic heterocycles. The summed E-state index contributed by atoms with van der Waals surface area (Å²) in [6, 6.07) is 13.8. The maximum absolute atomic E-state index is 8.93. The molecule has 2 N–H and O–H groups in total. The first-order valence-corrected chi connectivity index (χ1v) is 7.05. The van der Waals surface area contributed by atoms with Crippen molar-refractivity contribution in [2.75, 3.05) is 11.9 Å². The summed E-state index contributed by atoms with van der Waals surface area (Å²) >= 11 is 0. The van der Waals surface area contributed by atoms with Gasteiger partial charge in [0.15, 0.2) is 0 Å². The summed E-state index contributed by atoms with van der Waals surface area (Å²) in [6.07, 6.45) is 2.72. The third-order valence-corrected chi connectivity index (χ3v) is 3.51. The lowest BCUT2D eigenvalue weighted by Crippen LogP contribution is -2.17. The van der Waals surface area contributed by atoms with Crippen LogP contribution in [0.4, 0.5) is 5.69 Å². The first kappa shape index (κ1) is 15.0. The summed E-state index contributed by atoms with van der Waals surface area (Å²) in [4.78, 5) is 6.53. The number of benzene rings is 1. The standard InChI is InChI=1S/C17H20N4/c1-3-16(19)17-8-7-15(11-20-17)21(2)12-14-6-4-5-13(9-14)10-18/h4-9,11,16H,3,12,19H2,1-2H3/t16-/m0/s1. The lowest BCUT2D eigenvalue weighted by Gasteiger charge is -2.20. The number of pyridine rings is 1. The van der Waals surface area contributed by atoms with Crippen molar-refractivity contribution >= 4 is 5.69 Å². The molecule has 1 heterocycles. The van der Waals surface area contributed by atoms with Gasteiger partial charge in [-0.3, -0.25) is 4.98 Å². The fourth-order valence-electron chi connectivity index (χ4n) is 2.16. The second-order valence-electron chi connectivity index (χ2n) is 5.12. The number of anilines is 1. The summed E-state index contributed by atoms with van der Waals surface area (Å²) in [7, 11) is 2.01. The molecule has 2 aromatic rings. The van der Waals surface area contributed by atoms with Crippen LogP contribution in [-0.4, -0.2) is 12.0 Å². The molecule has 0 radical (unpaired) electrons. The lowest BCUT2D eigenvalue weighted by molar-refractivity contribution is 0.675. The van der Waals surface area contributed by atoms with E-state index in [-0.39, 0.29) is 6.04 Å². The molecule has 0 aliphatic rings. The Morgan fingerprint density at radius 2 is 2.14 bits per heavy atom. The zero-order valence-corrected chi connectivity index (χ0v) is 12.5. The summed E-state index contributed by atoms with van der Waals surface area (Å²) < 4.78 is 0. The third-order valence-electron chi connectivity index (χ3n) is 3.51. The maximum Gasteiger partial charge on any atom is 0.0991 e. The predicted octanol–water partition coefficient (Wildman–Crippen LogP) is 3.00. The van der Waals surface area contributed by atoms with Gasteiger partial charge in [0.25, 0.3) is 0 Å². The molecular weight excluding hydrogens is 260 g/mol. The predicted molar refractivity (Wildman–Crippen MR) is 84.7 cm³/mol. The number of nitrogens with zero attached hydrogens (tertiary/aromatic N) is 3. The third kappa shape index (κ3) is 3.80. The van der Waals surface area contributed by atoms with Gasteiger partial charge in [0.05, 0.1) is 29.2 Å². The number of nitrogens with two attached hydrogens (primary N) is 1. The molecule has 0 bridgehead atoms. The number of rotatable bonds is 5.